The zero-order valence-electron chi connectivity index (χ0n) is 27.6. The Bertz CT molecular complexity index is 898. The van der Waals surface area contributed by atoms with Gasteiger partial charge in [0, 0.05) is 46.8 Å². The Hall–Kier alpha value is -2.20. The highest BCUT2D eigenvalue weighted by Crippen LogP contribution is 2.40. The Morgan fingerprint density at radius 1 is 0.571 bits per heavy atom. The van der Waals surface area contributed by atoms with Crippen molar-refractivity contribution in [3.63, 3.8) is 0 Å². The molecule has 10 heteroatoms. The van der Waals surface area contributed by atoms with Crippen LogP contribution in [0.4, 0.5) is 0 Å². The van der Waals surface area contributed by atoms with Crippen molar-refractivity contribution >= 4 is 23.9 Å². The van der Waals surface area contributed by atoms with Gasteiger partial charge in [-0.3, -0.25) is 9.59 Å². The van der Waals surface area contributed by atoms with Crippen molar-refractivity contribution in [3.8, 4) is 0 Å². The average molecular weight is 597 g/mol. The van der Waals surface area contributed by atoms with Crippen LogP contribution < -0.4 is 10.6 Å². The van der Waals surface area contributed by atoms with E-state index in [1.165, 1.54) is 0 Å². The lowest BCUT2D eigenvalue weighted by atomic mass is 9.70. The molecule has 2 heterocycles. The van der Waals surface area contributed by atoms with Crippen LogP contribution in [-0.4, -0.2) is 58.2 Å². The van der Waals surface area contributed by atoms with Crippen molar-refractivity contribution in [3.05, 3.63) is 0 Å². The van der Waals surface area contributed by atoms with Crippen molar-refractivity contribution in [2.45, 2.75) is 168 Å². The van der Waals surface area contributed by atoms with Gasteiger partial charge < -0.3 is 20.1 Å². The summed E-state index contributed by atoms with van der Waals surface area (Å²) in [5, 5.41) is 7.48. The second-order valence-corrected chi connectivity index (χ2v) is 13.6. The third-order valence-electron chi connectivity index (χ3n) is 10.5. The maximum absolute atomic E-state index is 12.6. The topological polar surface area (TPSA) is 129 Å². The molecule has 2 N–H and O–H groups in total. The van der Waals surface area contributed by atoms with E-state index in [2.05, 4.69) is 89.6 Å². The number of esters is 2. The first-order valence-corrected chi connectivity index (χ1v) is 15.9. The minimum Gasteiger partial charge on any atom is -0.462 e. The Labute approximate surface area is 252 Å². The standard InChI is InChI=1S/C32H56N2O8/c1-11-29(7)19-23(21(5)31(9,13-3)33-29)39-25(35)15-17-27(37)41-42-28(38)18-16-26(36)40-24-20-30(8,12-2)34-32(10,14-4)22(24)6/h21-24,33-34H,11-20H2,1-10H3. The third-order valence-corrected chi connectivity index (χ3v) is 10.5. The highest BCUT2D eigenvalue weighted by Gasteiger charge is 2.49. The number of ether oxygens (including phenoxy) is 2. The summed E-state index contributed by atoms with van der Waals surface area (Å²) >= 11 is 0. The van der Waals surface area contributed by atoms with Crippen molar-refractivity contribution in [1.82, 2.24) is 10.6 Å². The molecule has 2 aliphatic heterocycles. The number of carbonyl (C=O) groups is 4. The summed E-state index contributed by atoms with van der Waals surface area (Å²) in [6.07, 6.45) is 3.43. The molecular formula is C32H56N2O8. The number of nitrogens with one attached hydrogen (secondary N) is 2. The largest absolute Gasteiger partial charge is 0.462 e. The van der Waals surface area contributed by atoms with E-state index in [0.29, 0.717) is 12.8 Å². The van der Waals surface area contributed by atoms with Crippen LogP contribution in [-0.2, 0) is 38.4 Å². The molecule has 8 atom stereocenters. The molecular weight excluding hydrogens is 540 g/mol. The van der Waals surface area contributed by atoms with Crippen molar-refractivity contribution < 1.29 is 38.4 Å². The first-order chi connectivity index (χ1) is 19.5. The molecule has 0 saturated carbocycles. The van der Waals surface area contributed by atoms with E-state index >= 15 is 0 Å². The smallest absolute Gasteiger partial charge is 0.356 e. The van der Waals surface area contributed by atoms with Crippen molar-refractivity contribution in [2.75, 3.05) is 0 Å². The van der Waals surface area contributed by atoms with Crippen LogP contribution >= 0.6 is 0 Å². The predicted molar refractivity (Wildman–Crippen MR) is 159 cm³/mol. The fourth-order valence-electron chi connectivity index (χ4n) is 6.38. The molecule has 2 aliphatic rings. The SMILES string of the molecule is CCC1(C)CC(OC(=O)CCC(=O)OOC(=O)CCC(=O)OC2CC(C)(CC)NC(C)(CC)C2C)C(C)C(C)(CC)N1. The minimum absolute atomic E-state index is 0.0935. The molecule has 8 unspecified atom stereocenters. The molecule has 0 spiro atoms. The van der Waals surface area contributed by atoms with E-state index in [1.54, 1.807) is 0 Å². The second kappa shape index (κ2) is 14.5. The highest BCUT2D eigenvalue weighted by molar-refractivity contribution is 5.80. The summed E-state index contributed by atoms with van der Waals surface area (Å²) < 4.78 is 11.6. The van der Waals surface area contributed by atoms with E-state index in [4.69, 9.17) is 9.47 Å². The molecule has 2 saturated heterocycles. The van der Waals surface area contributed by atoms with Crippen LogP contribution in [0, 0.1) is 11.8 Å². The summed E-state index contributed by atoms with van der Waals surface area (Å²) in [6, 6.07) is 0. The molecule has 2 rings (SSSR count). The highest BCUT2D eigenvalue weighted by atomic mass is 17.2. The number of piperidine rings is 2. The van der Waals surface area contributed by atoms with E-state index in [0.717, 1.165) is 25.7 Å². The van der Waals surface area contributed by atoms with Gasteiger partial charge in [0.05, 0.1) is 25.7 Å². The van der Waals surface area contributed by atoms with Gasteiger partial charge in [0.25, 0.3) is 0 Å². The van der Waals surface area contributed by atoms with Gasteiger partial charge in [-0.25, -0.2) is 19.4 Å². The van der Waals surface area contributed by atoms with E-state index in [1.807, 2.05) is 0 Å². The Morgan fingerprint density at radius 3 is 1.17 bits per heavy atom. The quantitative estimate of drug-likeness (QED) is 0.174. The fourth-order valence-corrected chi connectivity index (χ4v) is 6.38. The first kappa shape index (κ1) is 36.0. The van der Waals surface area contributed by atoms with Gasteiger partial charge in [0.2, 0.25) is 0 Å². The molecule has 0 aromatic carbocycles. The van der Waals surface area contributed by atoms with Crippen LogP contribution in [0.3, 0.4) is 0 Å². The van der Waals surface area contributed by atoms with E-state index in [9.17, 15) is 19.2 Å². The summed E-state index contributed by atoms with van der Waals surface area (Å²) in [5.41, 5.74) is -0.656. The molecule has 0 bridgehead atoms. The van der Waals surface area contributed by atoms with Crippen LogP contribution in [0.5, 0.6) is 0 Å². The van der Waals surface area contributed by atoms with Crippen LogP contribution in [0.15, 0.2) is 0 Å². The molecule has 0 radical (unpaired) electrons. The number of hydrogen-bond donors (Lipinski definition) is 2. The normalized spacial score (nSPS) is 36.5. The fraction of sp³-hybridized carbons (Fsp3) is 0.875. The first-order valence-electron chi connectivity index (χ1n) is 15.9. The minimum atomic E-state index is -0.862. The van der Waals surface area contributed by atoms with Crippen LogP contribution in [0.25, 0.3) is 0 Å². The molecule has 0 amide bonds. The van der Waals surface area contributed by atoms with Gasteiger partial charge in [0.1, 0.15) is 12.2 Å². The Morgan fingerprint density at radius 2 is 0.881 bits per heavy atom. The number of carbonyl (C=O) groups excluding carboxylic acids is 4. The van der Waals surface area contributed by atoms with E-state index < -0.39 is 23.9 Å². The van der Waals surface area contributed by atoms with Crippen LogP contribution in [0.1, 0.15) is 133 Å². The van der Waals surface area contributed by atoms with Gasteiger partial charge in [-0.15, -0.1) is 0 Å². The lowest BCUT2D eigenvalue weighted by molar-refractivity contribution is -0.259. The zero-order valence-corrected chi connectivity index (χ0v) is 27.6. The van der Waals surface area contributed by atoms with Gasteiger partial charge in [-0.05, 0) is 53.4 Å². The van der Waals surface area contributed by atoms with Crippen molar-refractivity contribution in [1.29, 1.82) is 0 Å². The van der Waals surface area contributed by atoms with Crippen molar-refractivity contribution in [2.24, 2.45) is 11.8 Å². The molecule has 0 aliphatic carbocycles. The Kier molecular flexibility index (Phi) is 12.4. The number of rotatable bonds is 12. The second-order valence-electron chi connectivity index (χ2n) is 13.6. The molecule has 0 aromatic rings. The molecule has 0 aromatic heterocycles. The molecule has 242 valence electrons. The molecule has 10 nitrogen and oxygen atoms in total. The molecule has 2 fully saturated rings. The lowest BCUT2D eigenvalue weighted by Crippen LogP contribution is -2.66. The van der Waals surface area contributed by atoms with E-state index in [-0.39, 0.29) is 71.9 Å². The maximum atomic E-state index is 12.6. The average Bonchev–Trinajstić information content (AvgIpc) is 2.95. The molecule has 42 heavy (non-hydrogen) atoms. The lowest BCUT2D eigenvalue weighted by Gasteiger charge is -2.52. The zero-order chi connectivity index (χ0) is 31.9. The Balaban J connectivity index is 1.75. The van der Waals surface area contributed by atoms with Gasteiger partial charge in [0.15, 0.2) is 0 Å². The summed E-state index contributed by atoms with van der Waals surface area (Å²) in [7, 11) is 0. The summed E-state index contributed by atoms with van der Waals surface area (Å²) in [4.78, 5) is 58.5. The van der Waals surface area contributed by atoms with Gasteiger partial charge in [-0.1, -0.05) is 41.5 Å². The number of hydrogen-bond acceptors (Lipinski definition) is 10. The maximum Gasteiger partial charge on any atom is 0.356 e. The predicted octanol–water partition coefficient (Wildman–Crippen LogP) is 5.31. The van der Waals surface area contributed by atoms with Crippen LogP contribution in [0.2, 0.25) is 0 Å². The summed E-state index contributed by atoms with van der Waals surface area (Å²) in [5.74, 6) is -2.53. The third kappa shape index (κ3) is 9.15. The van der Waals surface area contributed by atoms with Gasteiger partial charge in [-0.2, -0.15) is 0 Å². The summed E-state index contributed by atoms with van der Waals surface area (Å²) in [6.45, 7) is 21.2. The monoisotopic (exact) mass is 596 g/mol. The van der Waals surface area contributed by atoms with Gasteiger partial charge >= 0.3 is 23.9 Å².